The van der Waals surface area contributed by atoms with Crippen molar-refractivity contribution in [2.45, 2.75) is 0 Å². The smallest absolute Gasteiger partial charge is 0.389 e. The molecule has 0 spiro atoms. The molecule has 0 radical (unpaired) electrons. The van der Waals surface area contributed by atoms with Crippen molar-refractivity contribution in [1.29, 1.82) is 0 Å². The summed E-state index contributed by atoms with van der Waals surface area (Å²) < 4.78 is 38.2. The predicted octanol–water partition coefficient (Wildman–Crippen LogP) is 9.42. The van der Waals surface area contributed by atoms with Crippen LogP contribution in [0.3, 0.4) is 0 Å². The Hall–Kier alpha value is -5.55. The van der Waals surface area contributed by atoms with E-state index in [-0.39, 0.29) is 0 Å². The van der Waals surface area contributed by atoms with Crippen LogP contribution in [-0.2, 0) is 0 Å². The molecule has 2 nitrogen and oxygen atoms in total. The van der Waals surface area contributed by atoms with E-state index in [0.717, 1.165) is 44.5 Å². The van der Waals surface area contributed by atoms with Crippen molar-refractivity contribution in [3.63, 3.8) is 0 Å². The normalized spacial score (nSPS) is 15.2. The number of halogens is 2. The van der Waals surface area contributed by atoms with Crippen LogP contribution in [0.5, 0.6) is 0 Å². The van der Waals surface area contributed by atoms with Crippen LogP contribution in [0.1, 0.15) is 22.4 Å². The van der Waals surface area contributed by atoms with Gasteiger partial charge in [0.25, 0.3) is 0 Å². The molecule has 0 N–H and O–H groups in total. The van der Waals surface area contributed by atoms with E-state index in [1.807, 2.05) is 164 Å². The van der Waals surface area contributed by atoms with Gasteiger partial charge in [-0.2, -0.15) is 0 Å². The fraction of sp³-hybridized carbons (Fsp3) is 0. The van der Waals surface area contributed by atoms with E-state index in [1.165, 1.54) is 8.96 Å². The highest BCUT2D eigenvalue weighted by Gasteiger charge is 2.57. The molecular weight excluding hydrogens is 545 g/mol. The number of hydrogen-bond donors (Lipinski definition) is 0. The fourth-order valence-corrected chi connectivity index (χ4v) is 6.65. The molecule has 0 bridgehead atoms. The summed E-state index contributed by atoms with van der Waals surface area (Å²) >= 11 is 0. The topological polar surface area (TPSA) is 7.94 Å². The Morgan fingerprint density at radius 2 is 0.955 bits per heavy atom. The Morgan fingerprint density at radius 3 is 1.50 bits per heavy atom. The van der Waals surface area contributed by atoms with Crippen LogP contribution in [0, 0.1) is 0 Å². The van der Waals surface area contributed by atoms with E-state index >= 15 is 8.63 Å². The summed E-state index contributed by atoms with van der Waals surface area (Å²) in [6, 6.07) is 50.7. The third-order valence-electron chi connectivity index (χ3n) is 8.54. The van der Waals surface area contributed by atoms with Crippen LogP contribution < -0.4 is 0 Å². The summed E-state index contributed by atoms with van der Waals surface area (Å²) in [5, 5.41) is 0. The lowest BCUT2D eigenvalue weighted by Gasteiger charge is -2.35. The Labute approximate surface area is 255 Å². The molecule has 2 aliphatic heterocycles. The van der Waals surface area contributed by atoms with Crippen molar-refractivity contribution >= 4 is 23.8 Å². The predicted molar refractivity (Wildman–Crippen MR) is 176 cm³/mol. The molecule has 0 unspecified atom stereocenters. The van der Waals surface area contributed by atoms with Crippen LogP contribution in [0.4, 0.5) is 8.63 Å². The summed E-state index contributed by atoms with van der Waals surface area (Å²) in [4.78, 5) is 0. The van der Waals surface area contributed by atoms with Crippen molar-refractivity contribution in [2.24, 2.45) is 0 Å². The number of nitrogens with zero attached hydrogens (tertiary/aromatic N) is 2. The van der Waals surface area contributed by atoms with E-state index in [1.54, 1.807) is 0 Å². The van der Waals surface area contributed by atoms with Crippen molar-refractivity contribution in [3.8, 4) is 22.4 Å². The fourth-order valence-electron chi connectivity index (χ4n) is 6.65. The lowest BCUT2D eigenvalue weighted by molar-refractivity contribution is -0.359. The molecule has 3 heterocycles. The summed E-state index contributed by atoms with van der Waals surface area (Å²) in [6.45, 7) is -4.36. The Balaban J connectivity index is 1.58. The summed E-state index contributed by atoms with van der Waals surface area (Å²) in [6.07, 6.45) is 1.94. The first-order valence-electron chi connectivity index (χ1n) is 14.8. The van der Waals surface area contributed by atoms with E-state index < -0.39 is 6.97 Å². The van der Waals surface area contributed by atoms with Gasteiger partial charge in [-0.3, -0.25) is 0 Å². The first-order chi connectivity index (χ1) is 21.6. The zero-order valence-corrected chi connectivity index (χ0v) is 23.8. The number of fused-ring (bicyclic) bond motifs is 2. The zero-order valence-electron chi connectivity index (χ0n) is 23.8. The molecule has 0 aliphatic carbocycles. The molecule has 0 saturated carbocycles. The lowest BCUT2D eigenvalue weighted by Crippen LogP contribution is -2.51. The molecule has 0 fully saturated rings. The molecule has 2 aliphatic rings. The maximum atomic E-state index is 17.8. The molecule has 6 aromatic rings. The van der Waals surface area contributed by atoms with Crippen molar-refractivity contribution in [3.05, 3.63) is 192 Å². The zero-order chi connectivity index (χ0) is 29.7. The molecule has 44 heavy (non-hydrogen) atoms. The van der Waals surface area contributed by atoms with Crippen LogP contribution in [0.15, 0.2) is 169 Å². The highest BCUT2D eigenvalue weighted by molar-refractivity contribution is 6.59. The largest absolute Gasteiger partial charge is 0.737 e. The maximum absolute atomic E-state index is 17.8. The first kappa shape index (κ1) is 26.1. The van der Waals surface area contributed by atoms with Gasteiger partial charge in [0.05, 0.1) is 11.1 Å². The summed E-state index contributed by atoms with van der Waals surface area (Å²) in [5.41, 5.74) is 8.49. The molecule has 5 heteroatoms. The van der Waals surface area contributed by atoms with Gasteiger partial charge in [-0.1, -0.05) is 140 Å². The number of allylic oxidation sites excluding steroid dienone is 2. The minimum Gasteiger partial charge on any atom is -0.389 e. The van der Waals surface area contributed by atoms with Gasteiger partial charge in [-0.05, 0) is 40.5 Å². The van der Waals surface area contributed by atoms with Crippen molar-refractivity contribution < 1.29 is 13.1 Å². The van der Waals surface area contributed by atoms with Gasteiger partial charge in [0.2, 0.25) is 0 Å². The third kappa shape index (κ3) is 4.04. The highest BCUT2D eigenvalue weighted by atomic mass is 19.2. The molecule has 0 amide bonds. The molecule has 0 atom stereocenters. The molecule has 1 aromatic heterocycles. The van der Waals surface area contributed by atoms with E-state index in [0.29, 0.717) is 22.8 Å². The van der Waals surface area contributed by atoms with Crippen LogP contribution >= 0.6 is 0 Å². The lowest BCUT2D eigenvalue weighted by atomic mass is 9.81. The highest BCUT2D eigenvalue weighted by Crippen LogP contribution is 2.50. The number of aromatic nitrogens is 1. The molecule has 0 saturated heterocycles. The van der Waals surface area contributed by atoms with Gasteiger partial charge in [0.15, 0.2) is 11.4 Å². The van der Waals surface area contributed by atoms with Gasteiger partial charge in [0.1, 0.15) is 0 Å². The van der Waals surface area contributed by atoms with Crippen molar-refractivity contribution in [2.75, 3.05) is 0 Å². The number of benzene rings is 5. The standard InChI is InChI=1S/C39H27BF2N2/c41-40(42)43-35(30-20-10-3-11-21-30)26-33(28-16-6-1-7-17-28)38(43)37(32-24-14-5-15-25-32)39-34(29-18-8-2-9-19-29)27-36(44(39)40)31-22-12-4-13-23-31/h1-27H. The van der Waals surface area contributed by atoms with Gasteiger partial charge >= 0.3 is 6.97 Å². The summed E-state index contributed by atoms with van der Waals surface area (Å²) in [7, 11) is 0. The van der Waals surface area contributed by atoms with Gasteiger partial charge < -0.3 is 17.6 Å². The molecule has 5 aromatic carbocycles. The number of rotatable bonds is 5. The minimum atomic E-state index is -4.36. The Kier molecular flexibility index (Phi) is 6.12. The van der Waals surface area contributed by atoms with Gasteiger partial charge in [-0.15, -0.1) is 0 Å². The Bertz CT molecular complexity index is 2100. The third-order valence-corrected chi connectivity index (χ3v) is 8.54. The average molecular weight is 572 g/mol. The molecule has 8 rings (SSSR count). The maximum Gasteiger partial charge on any atom is 0.737 e. The van der Waals surface area contributed by atoms with E-state index in [4.69, 9.17) is 0 Å². The van der Waals surface area contributed by atoms with E-state index in [2.05, 4.69) is 0 Å². The van der Waals surface area contributed by atoms with Crippen LogP contribution in [0.2, 0.25) is 0 Å². The minimum absolute atomic E-state index is 0.484. The van der Waals surface area contributed by atoms with Gasteiger partial charge in [0, 0.05) is 28.6 Å². The SMILES string of the molecule is F[B-]1(F)n2c(-c3ccccc3)cc(-c3ccccc3)c2C(c2ccccc2)=C2C(c3ccccc3)=CC(c3ccccc3)=[N+]21. The second kappa shape index (κ2) is 10.3. The van der Waals surface area contributed by atoms with E-state index in [9.17, 15) is 0 Å². The molecule has 210 valence electrons. The van der Waals surface area contributed by atoms with Crippen LogP contribution in [0.25, 0.3) is 33.5 Å². The summed E-state index contributed by atoms with van der Waals surface area (Å²) in [5.74, 6) is 0. The van der Waals surface area contributed by atoms with Crippen LogP contribution in [-0.4, -0.2) is 21.6 Å². The molecular formula is C39H27BF2N2. The monoisotopic (exact) mass is 572 g/mol. The van der Waals surface area contributed by atoms with Crippen molar-refractivity contribution in [1.82, 2.24) is 4.48 Å². The quantitative estimate of drug-likeness (QED) is 0.182. The number of hydrogen-bond acceptors (Lipinski definition) is 0. The second-order valence-electron chi connectivity index (χ2n) is 11.1. The average Bonchev–Trinajstić information content (AvgIpc) is 3.69. The first-order valence-corrected chi connectivity index (χ1v) is 14.8. The van der Waals surface area contributed by atoms with Gasteiger partial charge in [-0.25, -0.2) is 0 Å². The Morgan fingerprint density at radius 1 is 0.500 bits per heavy atom. The second-order valence-corrected chi connectivity index (χ2v) is 11.1.